The van der Waals surface area contributed by atoms with Crippen LogP contribution in [-0.4, -0.2) is 17.1 Å². The number of benzene rings is 1. The summed E-state index contributed by atoms with van der Waals surface area (Å²) in [5.74, 6) is 0. The van der Waals surface area contributed by atoms with E-state index in [4.69, 9.17) is 16.3 Å². The molecule has 1 aromatic heterocycles. The van der Waals surface area contributed by atoms with E-state index in [1.54, 1.807) is 16.8 Å². The molecule has 0 fully saturated rings. The van der Waals surface area contributed by atoms with Crippen molar-refractivity contribution in [1.29, 1.82) is 0 Å². The number of nitrogens with zero attached hydrogens (tertiary/aromatic N) is 1. The molecule has 2 aromatic rings. The molecular weight excluding hydrogens is 256 g/mol. The summed E-state index contributed by atoms with van der Waals surface area (Å²) in [7, 11) is -0.839. The van der Waals surface area contributed by atoms with Crippen LogP contribution in [0.4, 0.5) is 0 Å². The van der Waals surface area contributed by atoms with Gasteiger partial charge in [-0.05, 0) is 24.0 Å². The van der Waals surface area contributed by atoms with Crippen molar-refractivity contribution in [3.63, 3.8) is 0 Å². The Balaban J connectivity index is 2.19. The molecule has 0 atom stereocenters. The fourth-order valence-electron chi connectivity index (χ4n) is 1.98. The summed E-state index contributed by atoms with van der Waals surface area (Å²) in [6.07, 6.45) is 0. The average molecular weight is 266 g/mol. The first-order chi connectivity index (χ1) is 8.16. The van der Waals surface area contributed by atoms with Gasteiger partial charge < -0.3 is 9.68 Å². The second kappa shape index (κ2) is 4.10. The van der Waals surface area contributed by atoms with Crippen molar-refractivity contribution in [1.82, 2.24) is 4.98 Å². The van der Waals surface area contributed by atoms with Crippen LogP contribution in [0.5, 0.6) is 0 Å². The van der Waals surface area contributed by atoms with Gasteiger partial charge in [0.2, 0.25) is 0 Å². The summed E-state index contributed by atoms with van der Waals surface area (Å²) in [6, 6.07) is 3.76. The average Bonchev–Trinajstić information content (AvgIpc) is 2.85. The van der Waals surface area contributed by atoms with Gasteiger partial charge in [-0.15, -0.1) is 11.3 Å². The third-order valence-corrected chi connectivity index (χ3v) is 4.16. The molecule has 0 unspecified atom stereocenters. The van der Waals surface area contributed by atoms with Gasteiger partial charge in [-0.3, -0.25) is 0 Å². The Labute approximate surface area is 108 Å². The molecule has 0 radical (unpaired) electrons. The predicted molar refractivity (Wildman–Crippen MR) is 69.7 cm³/mol. The lowest BCUT2D eigenvalue weighted by Crippen LogP contribution is -2.28. The van der Waals surface area contributed by atoms with Gasteiger partial charge in [0.25, 0.3) is 0 Å². The Morgan fingerprint density at radius 1 is 1.53 bits per heavy atom. The number of aromatic nitrogens is 1. The Hall–Kier alpha value is -0.875. The molecule has 1 aliphatic heterocycles. The van der Waals surface area contributed by atoms with Gasteiger partial charge in [0.15, 0.2) is 0 Å². The molecule has 1 N–H and O–H groups in total. The molecule has 3 rings (SSSR count). The molecule has 3 nitrogen and oxygen atoms in total. The lowest BCUT2D eigenvalue weighted by Gasteiger charge is -2.06. The van der Waals surface area contributed by atoms with Gasteiger partial charge in [0.05, 0.1) is 22.7 Å². The monoisotopic (exact) mass is 265 g/mol. The minimum absolute atomic E-state index is 0.415. The second-order valence-electron chi connectivity index (χ2n) is 3.96. The summed E-state index contributed by atoms with van der Waals surface area (Å²) in [5.41, 5.74) is 5.41. The van der Waals surface area contributed by atoms with Crippen LogP contribution in [-0.2, 0) is 11.3 Å². The van der Waals surface area contributed by atoms with Crippen molar-refractivity contribution in [2.24, 2.45) is 0 Å². The SMILES string of the molecule is Cc1ncsc1-c1cc2c(cc1Cl)COB2O. The van der Waals surface area contributed by atoms with Crippen LogP contribution in [0.15, 0.2) is 17.6 Å². The highest BCUT2D eigenvalue weighted by molar-refractivity contribution is 7.13. The van der Waals surface area contributed by atoms with E-state index >= 15 is 0 Å². The molecule has 86 valence electrons. The molecule has 2 heterocycles. The van der Waals surface area contributed by atoms with Crippen molar-refractivity contribution in [3.05, 3.63) is 33.9 Å². The number of rotatable bonds is 1. The molecule has 1 aliphatic rings. The van der Waals surface area contributed by atoms with Crippen LogP contribution >= 0.6 is 22.9 Å². The van der Waals surface area contributed by atoms with Crippen LogP contribution in [0, 0.1) is 6.92 Å². The highest BCUT2D eigenvalue weighted by Gasteiger charge is 2.29. The third kappa shape index (κ3) is 1.79. The molecule has 0 spiro atoms. The van der Waals surface area contributed by atoms with Crippen molar-refractivity contribution < 1.29 is 9.68 Å². The smallest absolute Gasteiger partial charge is 0.423 e. The lowest BCUT2D eigenvalue weighted by molar-refractivity contribution is 0.275. The topological polar surface area (TPSA) is 42.4 Å². The van der Waals surface area contributed by atoms with E-state index in [-0.39, 0.29) is 0 Å². The van der Waals surface area contributed by atoms with Crippen LogP contribution < -0.4 is 5.46 Å². The molecule has 0 amide bonds. The summed E-state index contributed by atoms with van der Waals surface area (Å²) in [4.78, 5) is 5.25. The lowest BCUT2D eigenvalue weighted by atomic mass is 9.78. The van der Waals surface area contributed by atoms with E-state index in [1.165, 1.54) is 0 Å². The summed E-state index contributed by atoms with van der Waals surface area (Å²) in [6.45, 7) is 2.36. The largest absolute Gasteiger partial charge is 0.491 e. The van der Waals surface area contributed by atoms with Gasteiger partial charge >= 0.3 is 7.12 Å². The van der Waals surface area contributed by atoms with Crippen LogP contribution in [0.1, 0.15) is 11.3 Å². The van der Waals surface area contributed by atoms with Gasteiger partial charge in [-0.25, -0.2) is 4.98 Å². The van der Waals surface area contributed by atoms with Crippen LogP contribution in [0.3, 0.4) is 0 Å². The molecular formula is C11H9BClNO2S. The minimum atomic E-state index is -0.839. The number of aryl methyl sites for hydroxylation is 1. The van der Waals surface area contributed by atoms with E-state index in [0.29, 0.717) is 11.6 Å². The standard InChI is InChI=1S/C11H9BClNO2S/c1-6-11(17-5-14-6)8-3-9-7(2-10(8)13)4-16-12(9)15/h2-3,5,15H,4H2,1H3. The molecule has 0 bridgehead atoms. The Kier molecular flexibility index (Phi) is 2.71. The molecule has 17 heavy (non-hydrogen) atoms. The van der Waals surface area contributed by atoms with E-state index in [9.17, 15) is 5.02 Å². The fraction of sp³-hybridized carbons (Fsp3) is 0.182. The van der Waals surface area contributed by atoms with Gasteiger partial charge in [-0.2, -0.15) is 0 Å². The summed E-state index contributed by atoms with van der Waals surface area (Å²) in [5, 5.41) is 10.4. The maximum atomic E-state index is 9.69. The number of hydrogen-bond donors (Lipinski definition) is 1. The summed E-state index contributed by atoms with van der Waals surface area (Å²) < 4.78 is 5.17. The van der Waals surface area contributed by atoms with Crippen molar-refractivity contribution in [3.8, 4) is 10.4 Å². The number of fused-ring (bicyclic) bond motifs is 1. The zero-order chi connectivity index (χ0) is 12.0. The van der Waals surface area contributed by atoms with E-state index in [1.807, 2.05) is 19.1 Å². The predicted octanol–water partition coefficient (Wildman–Crippen LogP) is 1.99. The minimum Gasteiger partial charge on any atom is -0.423 e. The molecule has 0 aliphatic carbocycles. The Bertz CT molecular complexity index is 587. The van der Waals surface area contributed by atoms with Crippen LogP contribution in [0.25, 0.3) is 10.4 Å². The zero-order valence-electron chi connectivity index (χ0n) is 9.11. The van der Waals surface area contributed by atoms with E-state index in [0.717, 1.165) is 27.2 Å². The number of hydrogen-bond acceptors (Lipinski definition) is 4. The van der Waals surface area contributed by atoms with Gasteiger partial charge in [0.1, 0.15) is 0 Å². The first-order valence-electron chi connectivity index (χ1n) is 5.19. The van der Waals surface area contributed by atoms with Crippen molar-refractivity contribution in [2.75, 3.05) is 0 Å². The molecule has 6 heteroatoms. The molecule has 0 saturated heterocycles. The maximum absolute atomic E-state index is 9.69. The highest BCUT2D eigenvalue weighted by Crippen LogP contribution is 2.34. The van der Waals surface area contributed by atoms with Crippen LogP contribution in [0.2, 0.25) is 5.02 Å². The maximum Gasteiger partial charge on any atom is 0.491 e. The van der Waals surface area contributed by atoms with Crippen molar-refractivity contribution >= 4 is 35.5 Å². The fourth-order valence-corrected chi connectivity index (χ4v) is 3.15. The number of halogens is 1. The summed E-state index contributed by atoms with van der Waals surface area (Å²) >= 11 is 7.81. The Morgan fingerprint density at radius 3 is 3.06 bits per heavy atom. The first kappa shape index (κ1) is 11.2. The first-order valence-corrected chi connectivity index (χ1v) is 6.45. The highest BCUT2D eigenvalue weighted by atomic mass is 35.5. The number of thiazole rings is 1. The molecule has 1 aromatic carbocycles. The van der Waals surface area contributed by atoms with Gasteiger partial charge in [0, 0.05) is 10.6 Å². The Morgan fingerprint density at radius 2 is 2.35 bits per heavy atom. The normalized spacial score (nSPS) is 14.2. The quantitative estimate of drug-likeness (QED) is 0.802. The van der Waals surface area contributed by atoms with Gasteiger partial charge in [-0.1, -0.05) is 17.7 Å². The molecule has 0 saturated carbocycles. The van der Waals surface area contributed by atoms with Crippen molar-refractivity contribution in [2.45, 2.75) is 13.5 Å². The van der Waals surface area contributed by atoms with E-state index in [2.05, 4.69) is 4.98 Å². The van der Waals surface area contributed by atoms with E-state index < -0.39 is 7.12 Å². The zero-order valence-corrected chi connectivity index (χ0v) is 10.7. The third-order valence-electron chi connectivity index (χ3n) is 2.88. The second-order valence-corrected chi connectivity index (χ2v) is 5.22.